The van der Waals surface area contributed by atoms with Gasteiger partial charge in [0.15, 0.2) is 0 Å². The van der Waals surface area contributed by atoms with E-state index >= 15 is 0 Å². The fourth-order valence-corrected chi connectivity index (χ4v) is 3.88. The number of fused-ring (bicyclic) bond motifs is 1. The maximum atomic E-state index is 13.8. The van der Waals surface area contributed by atoms with E-state index in [-0.39, 0.29) is 5.82 Å². The summed E-state index contributed by atoms with van der Waals surface area (Å²) in [5, 5.41) is -0.450. The third kappa shape index (κ3) is 3.46. The molecule has 0 saturated carbocycles. The van der Waals surface area contributed by atoms with Crippen LogP contribution in [0.1, 0.15) is 38.7 Å². The summed E-state index contributed by atoms with van der Waals surface area (Å²) < 4.78 is 40.7. The molecule has 0 aliphatic heterocycles. The van der Waals surface area contributed by atoms with Crippen LogP contribution in [0.25, 0.3) is 0 Å². The van der Waals surface area contributed by atoms with Crippen LogP contribution in [0.4, 0.5) is 4.39 Å². The Balaban J connectivity index is 1.78. The van der Waals surface area contributed by atoms with Gasteiger partial charge >= 0.3 is 0 Å². The van der Waals surface area contributed by atoms with Gasteiger partial charge in [-0.05, 0) is 61.5 Å². The first-order chi connectivity index (χ1) is 11.4. The molecule has 128 valence electrons. The van der Waals surface area contributed by atoms with Gasteiger partial charge in [0.05, 0.1) is 5.25 Å². The number of nitrogens with one attached hydrogen (secondary N) is 1. The fraction of sp³-hybridized carbons (Fsp3) is 0.368. The van der Waals surface area contributed by atoms with E-state index in [0.717, 1.165) is 23.3 Å². The third-order valence-corrected chi connectivity index (χ3v) is 6.33. The van der Waals surface area contributed by atoms with Gasteiger partial charge in [-0.1, -0.05) is 30.4 Å². The van der Waals surface area contributed by atoms with Gasteiger partial charge in [0.2, 0.25) is 10.0 Å². The second-order valence-electron chi connectivity index (χ2n) is 6.57. The fourth-order valence-electron chi connectivity index (χ4n) is 3.07. The Labute approximate surface area is 143 Å². The Bertz CT molecular complexity index is 848. The van der Waals surface area contributed by atoms with Crippen molar-refractivity contribution in [3.05, 3.63) is 70.2 Å². The van der Waals surface area contributed by atoms with Gasteiger partial charge in [0.25, 0.3) is 0 Å². The molecule has 0 unspecified atom stereocenters. The minimum atomic E-state index is -3.31. The molecule has 2 aliphatic carbocycles. The number of rotatable bonds is 5. The molecular weight excluding hydrogens is 325 g/mol. The van der Waals surface area contributed by atoms with E-state index in [4.69, 9.17) is 0 Å². The van der Waals surface area contributed by atoms with Crippen LogP contribution in [-0.4, -0.2) is 13.7 Å². The monoisotopic (exact) mass is 347 g/mol. The lowest BCUT2D eigenvalue weighted by Gasteiger charge is -2.16. The lowest BCUT2D eigenvalue weighted by Crippen LogP contribution is -2.30. The highest BCUT2D eigenvalue weighted by molar-refractivity contribution is 7.90. The molecule has 0 amide bonds. The van der Waals surface area contributed by atoms with Gasteiger partial charge in [0, 0.05) is 12.1 Å². The average Bonchev–Trinajstić information content (AvgIpc) is 2.91. The van der Waals surface area contributed by atoms with E-state index in [0.29, 0.717) is 24.8 Å². The smallest absolute Gasteiger partial charge is 0.234 e. The summed E-state index contributed by atoms with van der Waals surface area (Å²) in [5.74, 6) is -0.185. The highest BCUT2D eigenvalue weighted by Gasteiger charge is 2.26. The lowest BCUT2D eigenvalue weighted by atomic mass is 9.92. The SMILES string of the molecule is CC(C)S(=O)(=O)NC1=C2CC=C(Cc3ccccc3F)C=C2CC1. The van der Waals surface area contributed by atoms with Crippen LogP contribution >= 0.6 is 0 Å². The largest absolute Gasteiger partial charge is 0.287 e. The predicted octanol–water partition coefficient (Wildman–Crippen LogP) is 4.00. The van der Waals surface area contributed by atoms with Crippen molar-refractivity contribution in [2.45, 2.75) is 44.8 Å². The summed E-state index contributed by atoms with van der Waals surface area (Å²) in [7, 11) is -3.31. The molecule has 0 spiro atoms. The van der Waals surface area contributed by atoms with Crippen LogP contribution in [-0.2, 0) is 16.4 Å². The Morgan fingerprint density at radius 1 is 1.21 bits per heavy atom. The molecule has 1 N–H and O–H groups in total. The number of halogens is 1. The molecule has 2 aliphatic rings. The summed E-state index contributed by atoms with van der Waals surface area (Å²) in [4.78, 5) is 0. The Morgan fingerprint density at radius 3 is 2.67 bits per heavy atom. The molecular formula is C19H22FNO2S. The maximum Gasteiger partial charge on any atom is 0.234 e. The molecule has 3 nitrogen and oxygen atoms in total. The quantitative estimate of drug-likeness (QED) is 0.875. The van der Waals surface area contributed by atoms with Gasteiger partial charge in [-0.3, -0.25) is 4.72 Å². The van der Waals surface area contributed by atoms with Gasteiger partial charge in [-0.2, -0.15) is 0 Å². The first kappa shape index (κ1) is 17.0. The number of hydrogen-bond donors (Lipinski definition) is 1. The van der Waals surface area contributed by atoms with E-state index in [1.807, 2.05) is 6.07 Å². The average molecular weight is 347 g/mol. The zero-order valence-corrected chi connectivity index (χ0v) is 14.8. The highest BCUT2D eigenvalue weighted by Crippen LogP contribution is 2.37. The first-order valence-electron chi connectivity index (χ1n) is 8.24. The van der Waals surface area contributed by atoms with Crippen molar-refractivity contribution in [2.24, 2.45) is 0 Å². The first-order valence-corrected chi connectivity index (χ1v) is 9.78. The van der Waals surface area contributed by atoms with Crippen molar-refractivity contribution in [3.63, 3.8) is 0 Å². The maximum absolute atomic E-state index is 13.8. The standard InChI is InChI=1S/C19H22FNO2S/c1-13(2)24(22,23)21-19-10-8-15-11-14(7-9-17(15)19)12-16-5-3-4-6-18(16)20/h3-7,11,13,21H,8-10,12H2,1-2H3. The molecule has 0 radical (unpaired) electrons. The molecule has 0 bridgehead atoms. The van der Waals surface area contributed by atoms with Gasteiger partial charge < -0.3 is 0 Å². The van der Waals surface area contributed by atoms with Crippen LogP contribution in [0.5, 0.6) is 0 Å². The van der Waals surface area contributed by atoms with E-state index < -0.39 is 15.3 Å². The zero-order chi connectivity index (χ0) is 17.3. The molecule has 0 atom stereocenters. The van der Waals surface area contributed by atoms with E-state index in [9.17, 15) is 12.8 Å². The number of benzene rings is 1. The van der Waals surface area contributed by atoms with E-state index in [1.165, 1.54) is 11.6 Å². The zero-order valence-electron chi connectivity index (χ0n) is 14.0. The molecule has 1 aromatic carbocycles. The third-order valence-electron chi connectivity index (χ3n) is 4.56. The number of allylic oxidation sites excluding steroid dienone is 6. The van der Waals surface area contributed by atoms with Crippen LogP contribution in [0.15, 0.2) is 58.8 Å². The summed E-state index contributed by atoms with van der Waals surface area (Å²) in [6, 6.07) is 6.81. The molecule has 1 aromatic rings. The van der Waals surface area contributed by atoms with Gasteiger partial charge in [0.1, 0.15) is 5.82 Å². The minimum absolute atomic E-state index is 0.185. The summed E-state index contributed by atoms with van der Waals surface area (Å²) in [6.07, 6.45) is 6.97. The summed E-state index contributed by atoms with van der Waals surface area (Å²) in [6.45, 7) is 3.35. The van der Waals surface area contributed by atoms with Crippen molar-refractivity contribution in [3.8, 4) is 0 Å². The van der Waals surface area contributed by atoms with Crippen LogP contribution < -0.4 is 4.72 Å². The van der Waals surface area contributed by atoms with Crippen LogP contribution in [0, 0.1) is 5.82 Å². The molecule has 0 aromatic heterocycles. The second-order valence-corrected chi connectivity index (χ2v) is 8.81. The molecule has 5 heteroatoms. The molecule has 0 saturated heterocycles. The van der Waals surface area contributed by atoms with Crippen molar-refractivity contribution in [1.82, 2.24) is 4.72 Å². The van der Waals surface area contributed by atoms with Crippen molar-refractivity contribution >= 4 is 10.0 Å². The second kappa shape index (κ2) is 6.55. The minimum Gasteiger partial charge on any atom is -0.287 e. The van der Waals surface area contributed by atoms with E-state index in [2.05, 4.69) is 16.9 Å². The van der Waals surface area contributed by atoms with Crippen LogP contribution in [0.3, 0.4) is 0 Å². The Kier molecular flexibility index (Phi) is 4.63. The van der Waals surface area contributed by atoms with Crippen LogP contribution in [0.2, 0.25) is 0 Å². The number of sulfonamides is 1. The topological polar surface area (TPSA) is 46.2 Å². The molecule has 3 rings (SSSR count). The highest BCUT2D eigenvalue weighted by atomic mass is 32.2. The van der Waals surface area contributed by atoms with Crippen molar-refractivity contribution in [1.29, 1.82) is 0 Å². The number of hydrogen-bond acceptors (Lipinski definition) is 2. The predicted molar refractivity (Wildman–Crippen MR) is 94.3 cm³/mol. The molecule has 24 heavy (non-hydrogen) atoms. The normalized spacial score (nSPS) is 17.7. The lowest BCUT2D eigenvalue weighted by molar-refractivity contribution is 0.578. The Morgan fingerprint density at radius 2 is 1.96 bits per heavy atom. The van der Waals surface area contributed by atoms with Gasteiger partial charge in [-0.25, -0.2) is 12.8 Å². The van der Waals surface area contributed by atoms with E-state index in [1.54, 1.807) is 26.0 Å². The summed E-state index contributed by atoms with van der Waals surface area (Å²) in [5.41, 5.74) is 4.84. The van der Waals surface area contributed by atoms with Crippen molar-refractivity contribution in [2.75, 3.05) is 0 Å². The molecule has 0 heterocycles. The Hall–Kier alpha value is -1.88. The van der Waals surface area contributed by atoms with Gasteiger partial charge in [-0.15, -0.1) is 0 Å². The molecule has 0 fully saturated rings. The van der Waals surface area contributed by atoms with Crippen molar-refractivity contribution < 1.29 is 12.8 Å². The summed E-state index contributed by atoms with van der Waals surface area (Å²) >= 11 is 0.